The summed E-state index contributed by atoms with van der Waals surface area (Å²) in [5.74, 6) is -0.539. The summed E-state index contributed by atoms with van der Waals surface area (Å²) in [5.41, 5.74) is -0.874. The first-order chi connectivity index (χ1) is 9.86. The fourth-order valence-corrected chi connectivity index (χ4v) is 3.46. The third kappa shape index (κ3) is 2.63. The number of alkyl halides is 3. The van der Waals surface area contributed by atoms with Crippen LogP contribution in [0, 0.1) is 5.82 Å². The third-order valence-corrected chi connectivity index (χ3v) is 4.34. The monoisotopic (exact) mass is 301 g/mol. The van der Waals surface area contributed by atoms with E-state index >= 15 is 0 Å². The minimum absolute atomic E-state index is 0.0213. The van der Waals surface area contributed by atoms with Gasteiger partial charge in [0.15, 0.2) is 0 Å². The van der Waals surface area contributed by atoms with Gasteiger partial charge < -0.3 is 4.90 Å². The van der Waals surface area contributed by atoms with Crippen LogP contribution in [0.1, 0.15) is 37.7 Å². The highest BCUT2D eigenvalue weighted by atomic mass is 19.4. The number of fused-ring (bicyclic) bond motifs is 2. The SMILES string of the molecule is O=C1CC2CCCC(C1)N2c1cc(C(F)(F)F)ccc1F. The Hall–Kier alpha value is -1.59. The maximum Gasteiger partial charge on any atom is 0.416 e. The van der Waals surface area contributed by atoms with Crippen LogP contribution in [0.3, 0.4) is 0 Å². The van der Waals surface area contributed by atoms with Crippen LogP contribution >= 0.6 is 0 Å². The Balaban J connectivity index is 2.01. The van der Waals surface area contributed by atoms with Gasteiger partial charge in [-0.1, -0.05) is 0 Å². The van der Waals surface area contributed by atoms with Crippen LogP contribution in [-0.4, -0.2) is 17.9 Å². The van der Waals surface area contributed by atoms with Crippen molar-refractivity contribution in [3.63, 3.8) is 0 Å². The van der Waals surface area contributed by atoms with Gasteiger partial charge in [0.1, 0.15) is 11.6 Å². The van der Waals surface area contributed by atoms with E-state index in [1.807, 2.05) is 0 Å². The summed E-state index contributed by atoms with van der Waals surface area (Å²) in [7, 11) is 0. The number of halogens is 4. The first kappa shape index (κ1) is 14.4. The number of anilines is 1. The lowest BCUT2D eigenvalue weighted by Gasteiger charge is -2.47. The molecule has 1 aromatic carbocycles. The Morgan fingerprint density at radius 2 is 1.71 bits per heavy atom. The summed E-state index contributed by atoms with van der Waals surface area (Å²) >= 11 is 0. The molecule has 0 saturated carbocycles. The molecule has 0 radical (unpaired) electrons. The Labute approximate surface area is 119 Å². The average Bonchev–Trinajstić information content (AvgIpc) is 2.37. The summed E-state index contributed by atoms with van der Waals surface area (Å²) < 4.78 is 52.5. The van der Waals surface area contributed by atoms with Crippen LogP contribution < -0.4 is 4.90 Å². The molecule has 2 saturated heterocycles. The van der Waals surface area contributed by atoms with Gasteiger partial charge in [-0.15, -0.1) is 0 Å². The molecule has 2 fully saturated rings. The molecule has 2 aliphatic rings. The Bertz CT molecular complexity index is 553. The number of carbonyl (C=O) groups is 1. The summed E-state index contributed by atoms with van der Waals surface area (Å²) in [6, 6.07) is 2.13. The molecule has 2 bridgehead atoms. The molecule has 2 nitrogen and oxygen atoms in total. The van der Waals surface area contributed by atoms with Gasteiger partial charge in [-0.2, -0.15) is 13.2 Å². The zero-order valence-electron chi connectivity index (χ0n) is 11.3. The highest BCUT2D eigenvalue weighted by Gasteiger charge is 2.40. The molecule has 0 spiro atoms. The second-order valence-corrected chi connectivity index (χ2v) is 5.76. The highest BCUT2D eigenvalue weighted by molar-refractivity contribution is 5.82. The van der Waals surface area contributed by atoms with Crippen LogP contribution in [0.15, 0.2) is 18.2 Å². The van der Waals surface area contributed by atoms with Crippen molar-refractivity contribution in [1.82, 2.24) is 0 Å². The second-order valence-electron chi connectivity index (χ2n) is 5.76. The van der Waals surface area contributed by atoms with E-state index in [-0.39, 0.29) is 23.6 Å². The second kappa shape index (κ2) is 5.00. The van der Waals surface area contributed by atoms with Crippen LogP contribution in [-0.2, 0) is 11.0 Å². The van der Waals surface area contributed by atoms with Gasteiger partial charge >= 0.3 is 6.18 Å². The van der Waals surface area contributed by atoms with Crippen molar-refractivity contribution < 1.29 is 22.4 Å². The van der Waals surface area contributed by atoms with Crippen molar-refractivity contribution in [2.45, 2.75) is 50.4 Å². The molecule has 2 aliphatic heterocycles. The molecule has 0 aliphatic carbocycles. The number of Topliss-reactive ketones (excluding diaryl/α,β-unsaturated/α-hetero) is 1. The van der Waals surface area contributed by atoms with Crippen molar-refractivity contribution in [2.75, 3.05) is 4.90 Å². The summed E-state index contributed by atoms with van der Waals surface area (Å²) in [6.07, 6.45) is -1.53. The average molecular weight is 301 g/mol. The van der Waals surface area contributed by atoms with E-state index in [1.54, 1.807) is 4.90 Å². The number of hydrogen-bond donors (Lipinski definition) is 0. The summed E-state index contributed by atoms with van der Waals surface area (Å²) in [4.78, 5) is 13.4. The fraction of sp³-hybridized carbons (Fsp3) is 0.533. The number of ketones is 1. The van der Waals surface area contributed by atoms with Gasteiger partial charge in [-0.25, -0.2) is 4.39 Å². The Morgan fingerprint density at radius 3 is 2.29 bits per heavy atom. The number of rotatable bonds is 1. The van der Waals surface area contributed by atoms with Crippen molar-refractivity contribution in [3.8, 4) is 0 Å². The molecule has 0 N–H and O–H groups in total. The molecule has 2 heterocycles. The van der Waals surface area contributed by atoms with E-state index in [4.69, 9.17) is 0 Å². The van der Waals surface area contributed by atoms with Crippen LogP contribution in [0.4, 0.5) is 23.2 Å². The van der Waals surface area contributed by atoms with Gasteiger partial charge in [0.05, 0.1) is 11.3 Å². The molecule has 0 aromatic heterocycles. The number of piperidine rings is 2. The minimum Gasteiger partial charge on any atom is -0.362 e. The van der Waals surface area contributed by atoms with E-state index in [1.165, 1.54) is 0 Å². The molecule has 2 atom stereocenters. The molecular formula is C15H15F4NO. The van der Waals surface area contributed by atoms with Gasteiger partial charge in [0.25, 0.3) is 0 Å². The topological polar surface area (TPSA) is 20.3 Å². The normalized spacial score (nSPS) is 26.1. The lowest BCUT2D eigenvalue weighted by Crippen LogP contribution is -2.53. The lowest BCUT2D eigenvalue weighted by atomic mass is 9.83. The van der Waals surface area contributed by atoms with Gasteiger partial charge in [0, 0.05) is 24.9 Å². The van der Waals surface area contributed by atoms with Crippen molar-refractivity contribution >= 4 is 11.5 Å². The molecule has 2 unspecified atom stereocenters. The maximum absolute atomic E-state index is 14.1. The molecule has 114 valence electrons. The molecular weight excluding hydrogens is 286 g/mol. The van der Waals surface area contributed by atoms with Crippen LogP contribution in [0.5, 0.6) is 0 Å². The van der Waals surface area contributed by atoms with E-state index in [2.05, 4.69) is 0 Å². The van der Waals surface area contributed by atoms with Crippen molar-refractivity contribution in [3.05, 3.63) is 29.6 Å². The molecule has 3 rings (SSSR count). The minimum atomic E-state index is -4.50. The third-order valence-electron chi connectivity index (χ3n) is 4.34. The predicted molar refractivity (Wildman–Crippen MR) is 69.5 cm³/mol. The standard InChI is InChI=1S/C15H15F4NO/c16-13-5-4-9(15(17,18)19)6-14(13)20-10-2-1-3-11(20)8-12(21)7-10/h4-6,10-11H,1-3,7-8H2. The smallest absolute Gasteiger partial charge is 0.362 e. The van der Waals surface area contributed by atoms with Crippen LogP contribution in [0.2, 0.25) is 0 Å². The van der Waals surface area contributed by atoms with Gasteiger partial charge in [-0.3, -0.25) is 4.79 Å². The van der Waals surface area contributed by atoms with E-state index in [0.29, 0.717) is 12.8 Å². The van der Waals surface area contributed by atoms with Crippen LogP contribution in [0.25, 0.3) is 0 Å². The van der Waals surface area contributed by atoms with Crippen molar-refractivity contribution in [2.24, 2.45) is 0 Å². The molecule has 1 aromatic rings. The maximum atomic E-state index is 14.1. The number of hydrogen-bond acceptors (Lipinski definition) is 2. The first-order valence-corrected chi connectivity index (χ1v) is 7.03. The largest absolute Gasteiger partial charge is 0.416 e. The Morgan fingerprint density at radius 1 is 1.10 bits per heavy atom. The van der Waals surface area contributed by atoms with Gasteiger partial charge in [0.2, 0.25) is 0 Å². The Kier molecular flexibility index (Phi) is 3.42. The van der Waals surface area contributed by atoms with E-state index < -0.39 is 17.6 Å². The zero-order valence-corrected chi connectivity index (χ0v) is 11.3. The number of nitrogens with zero attached hydrogens (tertiary/aromatic N) is 1. The fourth-order valence-electron chi connectivity index (χ4n) is 3.46. The number of benzene rings is 1. The lowest BCUT2D eigenvalue weighted by molar-refractivity contribution is -0.137. The predicted octanol–water partition coefficient (Wildman–Crippen LogP) is 3.93. The molecule has 21 heavy (non-hydrogen) atoms. The van der Waals surface area contributed by atoms with E-state index in [0.717, 1.165) is 37.5 Å². The van der Waals surface area contributed by atoms with Gasteiger partial charge in [-0.05, 0) is 37.5 Å². The highest BCUT2D eigenvalue weighted by Crippen LogP contribution is 2.40. The van der Waals surface area contributed by atoms with Crippen molar-refractivity contribution in [1.29, 1.82) is 0 Å². The zero-order chi connectivity index (χ0) is 15.2. The van der Waals surface area contributed by atoms with E-state index in [9.17, 15) is 22.4 Å². The number of carbonyl (C=O) groups excluding carboxylic acids is 1. The molecule has 0 amide bonds. The first-order valence-electron chi connectivity index (χ1n) is 7.03. The molecule has 6 heteroatoms. The summed E-state index contributed by atoms with van der Waals surface area (Å²) in [6.45, 7) is 0. The summed E-state index contributed by atoms with van der Waals surface area (Å²) in [5, 5.41) is 0. The quantitative estimate of drug-likeness (QED) is 0.732.